The summed E-state index contributed by atoms with van der Waals surface area (Å²) in [5.74, 6) is -0.283. The SMILES string of the molecule is Fc1ccc(-c2[nH]ncc2C=NOCc2ccc(Cl)cc2)cc1. The second kappa shape index (κ2) is 7.07. The molecule has 6 heteroatoms. The van der Waals surface area contributed by atoms with Gasteiger partial charge < -0.3 is 4.84 Å². The molecular formula is C17H13ClFN3O. The van der Waals surface area contributed by atoms with Crippen LogP contribution in [0.25, 0.3) is 11.3 Å². The van der Waals surface area contributed by atoms with E-state index in [0.717, 1.165) is 22.4 Å². The van der Waals surface area contributed by atoms with Crippen molar-refractivity contribution in [2.75, 3.05) is 0 Å². The third kappa shape index (κ3) is 3.96. The molecule has 0 saturated heterocycles. The van der Waals surface area contributed by atoms with E-state index in [2.05, 4.69) is 15.4 Å². The molecule has 0 aliphatic rings. The molecule has 3 rings (SSSR count). The van der Waals surface area contributed by atoms with Crippen LogP contribution in [0.3, 0.4) is 0 Å². The maximum atomic E-state index is 13.0. The van der Waals surface area contributed by atoms with Gasteiger partial charge in [0.15, 0.2) is 0 Å². The molecule has 0 fully saturated rings. The van der Waals surface area contributed by atoms with Crippen LogP contribution < -0.4 is 0 Å². The molecule has 0 amide bonds. The van der Waals surface area contributed by atoms with E-state index in [-0.39, 0.29) is 5.82 Å². The second-order valence-corrected chi connectivity index (χ2v) is 5.28. The number of rotatable bonds is 5. The summed E-state index contributed by atoms with van der Waals surface area (Å²) in [5.41, 5.74) is 3.30. The maximum absolute atomic E-state index is 13.0. The van der Waals surface area contributed by atoms with Gasteiger partial charge in [-0.1, -0.05) is 28.9 Å². The van der Waals surface area contributed by atoms with Crippen molar-refractivity contribution in [3.05, 3.63) is 76.7 Å². The highest BCUT2D eigenvalue weighted by atomic mass is 35.5. The Bertz CT molecular complexity index is 797. The highest BCUT2D eigenvalue weighted by molar-refractivity contribution is 6.30. The van der Waals surface area contributed by atoms with E-state index < -0.39 is 0 Å². The largest absolute Gasteiger partial charge is 0.391 e. The molecule has 1 N–H and O–H groups in total. The van der Waals surface area contributed by atoms with Gasteiger partial charge in [-0.25, -0.2) is 4.39 Å². The molecule has 23 heavy (non-hydrogen) atoms. The van der Waals surface area contributed by atoms with E-state index >= 15 is 0 Å². The lowest BCUT2D eigenvalue weighted by Gasteiger charge is -2.01. The lowest BCUT2D eigenvalue weighted by molar-refractivity contribution is 0.132. The topological polar surface area (TPSA) is 50.3 Å². The van der Waals surface area contributed by atoms with Crippen LogP contribution in [-0.4, -0.2) is 16.4 Å². The van der Waals surface area contributed by atoms with Gasteiger partial charge in [0.2, 0.25) is 0 Å². The van der Waals surface area contributed by atoms with Crippen molar-refractivity contribution >= 4 is 17.8 Å². The van der Waals surface area contributed by atoms with Crippen LogP contribution in [0.15, 0.2) is 59.9 Å². The van der Waals surface area contributed by atoms with Gasteiger partial charge in [-0.2, -0.15) is 5.10 Å². The minimum absolute atomic E-state index is 0.283. The standard InChI is InChI=1S/C17H13ClFN3O/c18-15-5-1-12(2-6-15)11-23-21-10-14-9-20-22-17(14)13-3-7-16(19)8-4-13/h1-10H,11H2,(H,20,22). The number of nitrogens with zero attached hydrogens (tertiary/aromatic N) is 2. The first-order valence-electron chi connectivity index (χ1n) is 6.91. The van der Waals surface area contributed by atoms with Crippen molar-refractivity contribution in [2.45, 2.75) is 6.61 Å². The van der Waals surface area contributed by atoms with Crippen molar-refractivity contribution in [3.63, 3.8) is 0 Å². The normalized spacial score (nSPS) is 11.0. The molecule has 0 atom stereocenters. The molecule has 3 aromatic rings. The van der Waals surface area contributed by atoms with Crippen LogP contribution in [-0.2, 0) is 11.4 Å². The van der Waals surface area contributed by atoms with E-state index in [1.165, 1.54) is 12.1 Å². The molecule has 1 aromatic heterocycles. The number of halogens is 2. The van der Waals surface area contributed by atoms with Crippen molar-refractivity contribution in [1.29, 1.82) is 0 Å². The molecule has 0 spiro atoms. The van der Waals surface area contributed by atoms with Crippen LogP contribution in [0.2, 0.25) is 5.02 Å². The summed E-state index contributed by atoms with van der Waals surface area (Å²) in [6.07, 6.45) is 3.20. The third-order valence-electron chi connectivity index (χ3n) is 3.21. The van der Waals surface area contributed by atoms with Gasteiger partial charge in [0.1, 0.15) is 12.4 Å². The van der Waals surface area contributed by atoms with Crippen molar-refractivity contribution in [2.24, 2.45) is 5.16 Å². The first-order valence-corrected chi connectivity index (χ1v) is 7.29. The fourth-order valence-corrected chi connectivity index (χ4v) is 2.15. The van der Waals surface area contributed by atoms with Gasteiger partial charge in [-0.3, -0.25) is 5.10 Å². The summed E-state index contributed by atoms with van der Waals surface area (Å²) in [5, 5.41) is 11.5. The number of aromatic amines is 1. The van der Waals surface area contributed by atoms with Crippen molar-refractivity contribution in [3.8, 4) is 11.3 Å². The van der Waals surface area contributed by atoms with Crippen molar-refractivity contribution < 1.29 is 9.23 Å². The van der Waals surface area contributed by atoms with Crippen molar-refractivity contribution in [1.82, 2.24) is 10.2 Å². The Hall–Kier alpha value is -2.66. The number of aromatic nitrogens is 2. The van der Waals surface area contributed by atoms with E-state index in [0.29, 0.717) is 11.6 Å². The van der Waals surface area contributed by atoms with Gasteiger partial charge in [0.05, 0.1) is 18.1 Å². The summed E-state index contributed by atoms with van der Waals surface area (Å²) >= 11 is 5.82. The van der Waals surface area contributed by atoms with E-state index in [4.69, 9.17) is 16.4 Å². The Morgan fingerprint density at radius 1 is 1.13 bits per heavy atom. The molecule has 2 aromatic carbocycles. The smallest absolute Gasteiger partial charge is 0.142 e. The molecule has 0 saturated carbocycles. The van der Waals surface area contributed by atoms with Crippen LogP contribution in [0, 0.1) is 5.82 Å². The lowest BCUT2D eigenvalue weighted by atomic mass is 10.1. The number of H-pyrrole nitrogens is 1. The first kappa shape index (κ1) is 15.2. The Balaban J connectivity index is 1.65. The molecule has 0 aliphatic carbocycles. The number of hydrogen-bond acceptors (Lipinski definition) is 3. The van der Waals surface area contributed by atoms with Crippen LogP contribution in [0.5, 0.6) is 0 Å². The fraction of sp³-hybridized carbons (Fsp3) is 0.0588. The summed E-state index contributed by atoms with van der Waals surface area (Å²) in [7, 11) is 0. The molecular weight excluding hydrogens is 317 g/mol. The van der Waals surface area contributed by atoms with E-state index in [1.54, 1.807) is 36.7 Å². The monoisotopic (exact) mass is 329 g/mol. The summed E-state index contributed by atoms with van der Waals surface area (Å²) in [6, 6.07) is 13.5. The summed E-state index contributed by atoms with van der Waals surface area (Å²) in [6.45, 7) is 0.345. The van der Waals surface area contributed by atoms with Gasteiger partial charge >= 0.3 is 0 Å². The zero-order valence-corrected chi connectivity index (χ0v) is 12.8. The van der Waals surface area contributed by atoms with Gasteiger partial charge in [-0.15, -0.1) is 0 Å². The van der Waals surface area contributed by atoms with Crippen LogP contribution >= 0.6 is 11.6 Å². The molecule has 0 aliphatic heterocycles. The lowest BCUT2D eigenvalue weighted by Crippen LogP contribution is -1.89. The quantitative estimate of drug-likeness (QED) is 0.556. The summed E-state index contributed by atoms with van der Waals surface area (Å²) in [4.78, 5) is 5.27. The Labute approximate surface area is 137 Å². The van der Waals surface area contributed by atoms with Gasteiger partial charge in [0.25, 0.3) is 0 Å². The minimum atomic E-state index is -0.283. The summed E-state index contributed by atoms with van der Waals surface area (Å²) < 4.78 is 13.0. The molecule has 116 valence electrons. The number of benzene rings is 2. The molecule has 0 bridgehead atoms. The fourth-order valence-electron chi connectivity index (χ4n) is 2.03. The first-order chi connectivity index (χ1) is 11.2. The zero-order chi connectivity index (χ0) is 16.1. The number of hydrogen-bond donors (Lipinski definition) is 1. The Morgan fingerprint density at radius 2 is 1.87 bits per heavy atom. The average molecular weight is 330 g/mol. The molecule has 1 heterocycles. The zero-order valence-electron chi connectivity index (χ0n) is 12.0. The highest BCUT2D eigenvalue weighted by Gasteiger charge is 2.06. The van der Waals surface area contributed by atoms with Gasteiger partial charge in [0, 0.05) is 16.1 Å². The Kier molecular flexibility index (Phi) is 4.68. The van der Waals surface area contributed by atoms with E-state index in [1.807, 2.05) is 12.1 Å². The second-order valence-electron chi connectivity index (χ2n) is 4.84. The molecule has 0 radical (unpaired) electrons. The minimum Gasteiger partial charge on any atom is -0.391 e. The predicted molar refractivity (Wildman–Crippen MR) is 87.8 cm³/mol. The Morgan fingerprint density at radius 3 is 2.61 bits per heavy atom. The van der Waals surface area contributed by atoms with Gasteiger partial charge in [-0.05, 0) is 42.0 Å². The van der Waals surface area contributed by atoms with Crippen LogP contribution in [0.4, 0.5) is 4.39 Å². The van der Waals surface area contributed by atoms with Crippen LogP contribution in [0.1, 0.15) is 11.1 Å². The number of nitrogens with one attached hydrogen (secondary N) is 1. The predicted octanol–water partition coefficient (Wildman–Crippen LogP) is 4.42. The van der Waals surface area contributed by atoms with E-state index in [9.17, 15) is 4.39 Å². The number of oxime groups is 1. The molecule has 4 nitrogen and oxygen atoms in total. The molecule has 0 unspecified atom stereocenters. The average Bonchev–Trinajstić information content (AvgIpc) is 3.02. The third-order valence-corrected chi connectivity index (χ3v) is 3.46. The highest BCUT2D eigenvalue weighted by Crippen LogP contribution is 2.20. The maximum Gasteiger partial charge on any atom is 0.142 e.